The zero-order chi connectivity index (χ0) is 8.97. The van der Waals surface area contributed by atoms with Gasteiger partial charge in [-0.15, -0.1) is 0 Å². The molecule has 0 aromatic rings. The van der Waals surface area contributed by atoms with Crippen molar-refractivity contribution in [2.75, 3.05) is 6.61 Å². The highest BCUT2D eigenvalue weighted by Crippen LogP contribution is 2.23. The fourth-order valence-electron chi connectivity index (χ4n) is 1.59. The van der Waals surface area contributed by atoms with Crippen molar-refractivity contribution in [1.82, 2.24) is 0 Å². The van der Waals surface area contributed by atoms with E-state index >= 15 is 0 Å². The van der Waals surface area contributed by atoms with Crippen LogP contribution in [0.3, 0.4) is 0 Å². The van der Waals surface area contributed by atoms with Crippen molar-refractivity contribution in [3.05, 3.63) is 0 Å². The van der Waals surface area contributed by atoms with Crippen LogP contribution in [0.15, 0.2) is 0 Å². The summed E-state index contributed by atoms with van der Waals surface area (Å²) in [6.45, 7) is 2.04. The third-order valence-corrected chi connectivity index (χ3v) is 2.41. The lowest BCUT2D eigenvalue weighted by Crippen LogP contribution is -2.28. The van der Waals surface area contributed by atoms with E-state index in [-0.39, 0.29) is 5.97 Å². The molecule has 0 atom stereocenters. The molecular formula is C9H17NO2. The number of esters is 1. The highest BCUT2D eigenvalue weighted by Gasteiger charge is 2.18. The Bertz CT molecular complexity index is 151. The molecular weight excluding hydrogens is 154 g/mol. The van der Waals surface area contributed by atoms with E-state index in [9.17, 15) is 4.79 Å². The molecule has 0 heterocycles. The summed E-state index contributed by atoms with van der Waals surface area (Å²) in [5.41, 5.74) is 5.75. The summed E-state index contributed by atoms with van der Waals surface area (Å²) in [5.74, 6) is 0.374. The van der Waals surface area contributed by atoms with Crippen LogP contribution in [0, 0.1) is 5.92 Å². The highest BCUT2D eigenvalue weighted by atomic mass is 16.5. The number of hydrogen-bond donors (Lipinski definition) is 1. The van der Waals surface area contributed by atoms with E-state index in [1.54, 1.807) is 0 Å². The third kappa shape index (κ3) is 3.22. The predicted molar refractivity (Wildman–Crippen MR) is 46.6 cm³/mol. The van der Waals surface area contributed by atoms with Gasteiger partial charge in [0.05, 0.1) is 6.61 Å². The lowest BCUT2D eigenvalue weighted by molar-refractivity contribution is -0.142. The minimum Gasteiger partial charge on any atom is -0.466 e. The van der Waals surface area contributed by atoms with E-state index in [0.29, 0.717) is 18.6 Å². The zero-order valence-electron chi connectivity index (χ0n) is 7.58. The molecule has 0 bridgehead atoms. The van der Waals surface area contributed by atoms with Gasteiger partial charge in [0, 0.05) is 13.0 Å². The first kappa shape index (κ1) is 9.52. The number of hydrogen-bond acceptors (Lipinski definition) is 3. The molecule has 70 valence electrons. The minimum atomic E-state index is -0.176. The van der Waals surface area contributed by atoms with Gasteiger partial charge in [-0.05, 0) is 31.6 Å². The Kier molecular flexibility index (Phi) is 3.53. The van der Waals surface area contributed by atoms with Crippen LogP contribution in [0.1, 0.15) is 32.6 Å². The molecule has 0 saturated heterocycles. The Morgan fingerprint density at radius 2 is 2.00 bits per heavy atom. The molecule has 2 N–H and O–H groups in total. The maximum atomic E-state index is 10.5. The molecule has 1 rings (SSSR count). The van der Waals surface area contributed by atoms with Crippen molar-refractivity contribution in [3.63, 3.8) is 0 Å². The topological polar surface area (TPSA) is 52.3 Å². The quantitative estimate of drug-likeness (QED) is 0.632. The predicted octanol–water partition coefficient (Wildman–Crippen LogP) is 1.07. The Balaban J connectivity index is 2.13. The van der Waals surface area contributed by atoms with Crippen molar-refractivity contribution in [2.24, 2.45) is 11.7 Å². The molecule has 1 saturated carbocycles. The summed E-state index contributed by atoms with van der Waals surface area (Å²) in [5, 5.41) is 0. The smallest absolute Gasteiger partial charge is 0.302 e. The van der Waals surface area contributed by atoms with Crippen LogP contribution in [0.25, 0.3) is 0 Å². The van der Waals surface area contributed by atoms with Gasteiger partial charge in [0.2, 0.25) is 0 Å². The first-order chi connectivity index (χ1) is 5.68. The first-order valence-corrected chi connectivity index (χ1v) is 4.57. The van der Waals surface area contributed by atoms with Gasteiger partial charge >= 0.3 is 5.97 Å². The number of carbonyl (C=O) groups excluding carboxylic acids is 1. The van der Waals surface area contributed by atoms with E-state index in [1.165, 1.54) is 6.92 Å². The average Bonchev–Trinajstić information content (AvgIpc) is 2.03. The van der Waals surface area contributed by atoms with Gasteiger partial charge in [0.1, 0.15) is 0 Å². The molecule has 0 aromatic heterocycles. The monoisotopic (exact) mass is 171 g/mol. The summed E-state index contributed by atoms with van der Waals surface area (Å²) >= 11 is 0. The number of ether oxygens (including phenoxy) is 1. The minimum absolute atomic E-state index is 0.176. The molecule has 1 fully saturated rings. The maximum Gasteiger partial charge on any atom is 0.302 e. The van der Waals surface area contributed by atoms with E-state index in [2.05, 4.69) is 0 Å². The third-order valence-electron chi connectivity index (χ3n) is 2.41. The molecule has 3 nitrogen and oxygen atoms in total. The molecule has 12 heavy (non-hydrogen) atoms. The molecule has 3 heteroatoms. The second-order valence-corrected chi connectivity index (χ2v) is 3.58. The van der Waals surface area contributed by atoms with Crippen molar-refractivity contribution >= 4 is 5.97 Å². The zero-order valence-corrected chi connectivity index (χ0v) is 7.58. The van der Waals surface area contributed by atoms with Crippen molar-refractivity contribution in [3.8, 4) is 0 Å². The Labute approximate surface area is 73.3 Å². The van der Waals surface area contributed by atoms with Crippen LogP contribution >= 0.6 is 0 Å². The average molecular weight is 171 g/mol. The second-order valence-electron chi connectivity index (χ2n) is 3.58. The van der Waals surface area contributed by atoms with E-state index < -0.39 is 0 Å². The van der Waals surface area contributed by atoms with Gasteiger partial charge in [0.15, 0.2) is 0 Å². The van der Waals surface area contributed by atoms with Gasteiger partial charge < -0.3 is 10.5 Å². The number of nitrogens with two attached hydrogens (primary N) is 1. The van der Waals surface area contributed by atoms with Crippen molar-refractivity contribution in [2.45, 2.75) is 38.6 Å². The molecule has 1 aliphatic rings. The summed E-state index contributed by atoms with van der Waals surface area (Å²) in [6, 6.07) is 0.374. The summed E-state index contributed by atoms with van der Waals surface area (Å²) in [7, 11) is 0. The highest BCUT2D eigenvalue weighted by molar-refractivity contribution is 5.65. The van der Waals surface area contributed by atoms with E-state index in [1.807, 2.05) is 0 Å². The first-order valence-electron chi connectivity index (χ1n) is 4.57. The normalized spacial score (nSPS) is 29.8. The van der Waals surface area contributed by atoms with Crippen LogP contribution in [0.4, 0.5) is 0 Å². The fraction of sp³-hybridized carbons (Fsp3) is 0.889. The van der Waals surface area contributed by atoms with Gasteiger partial charge in [-0.1, -0.05) is 0 Å². The SMILES string of the molecule is CC(=O)OC[C@H]1CC[C@@H](N)CC1. The lowest BCUT2D eigenvalue weighted by atomic mass is 9.87. The van der Waals surface area contributed by atoms with Gasteiger partial charge in [-0.2, -0.15) is 0 Å². The van der Waals surface area contributed by atoms with Crippen LogP contribution in [0.2, 0.25) is 0 Å². The number of rotatable bonds is 2. The van der Waals surface area contributed by atoms with Gasteiger partial charge in [-0.25, -0.2) is 0 Å². The standard InChI is InChI=1S/C9H17NO2/c1-7(11)12-6-8-2-4-9(10)5-3-8/h8-9H,2-6,10H2,1H3/t8-,9+. The van der Waals surface area contributed by atoms with Crippen LogP contribution in [0.5, 0.6) is 0 Å². The van der Waals surface area contributed by atoms with Crippen molar-refractivity contribution in [1.29, 1.82) is 0 Å². The molecule has 1 aliphatic carbocycles. The van der Waals surface area contributed by atoms with E-state index in [4.69, 9.17) is 10.5 Å². The second kappa shape index (κ2) is 4.45. The van der Waals surface area contributed by atoms with Crippen molar-refractivity contribution < 1.29 is 9.53 Å². The Morgan fingerprint density at radius 1 is 1.42 bits per heavy atom. The maximum absolute atomic E-state index is 10.5. The van der Waals surface area contributed by atoms with Gasteiger partial charge in [0.25, 0.3) is 0 Å². The van der Waals surface area contributed by atoms with Crippen LogP contribution in [-0.4, -0.2) is 18.6 Å². The van der Waals surface area contributed by atoms with Gasteiger partial charge in [-0.3, -0.25) is 4.79 Å². The van der Waals surface area contributed by atoms with Crippen LogP contribution < -0.4 is 5.73 Å². The Hall–Kier alpha value is -0.570. The lowest BCUT2D eigenvalue weighted by Gasteiger charge is -2.25. The molecule has 0 aromatic carbocycles. The molecule has 0 unspecified atom stereocenters. The number of carbonyl (C=O) groups is 1. The summed E-state index contributed by atoms with van der Waals surface area (Å²) < 4.78 is 4.94. The summed E-state index contributed by atoms with van der Waals surface area (Å²) in [6.07, 6.45) is 4.36. The molecule has 0 spiro atoms. The largest absolute Gasteiger partial charge is 0.466 e. The molecule has 0 amide bonds. The molecule has 0 radical (unpaired) electrons. The molecule has 0 aliphatic heterocycles. The van der Waals surface area contributed by atoms with E-state index in [0.717, 1.165) is 25.7 Å². The summed E-state index contributed by atoms with van der Waals surface area (Å²) in [4.78, 5) is 10.5. The van der Waals surface area contributed by atoms with Crippen LogP contribution in [-0.2, 0) is 9.53 Å². The Morgan fingerprint density at radius 3 is 2.50 bits per heavy atom. The fourth-order valence-corrected chi connectivity index (χ4v) is 1.59.